The molecule has 0 spiro atoms. The first-order valence-electron chi connectivity index (χ1n) is 12.7. The Labute approximate surface area is 202 Å². The Balaban J connectivity index is 1.67. The van der Waals surface area contributed by atoms with Crippen LogP contribution in [0, 0.1) is 34.5 Å². The summed E-state index contributed by atoms with van der Waals surface area (Å²) in [5.41, 5.74) is 1.50. The number of hydrogen-bond donors (Lipinski definition) is 3. The zero-order valence-electron chi connectivity index (χ0n) is 21.3. The molecule has 3 fully saturated rings. The molecule has 0 aliphatic heterocycles. The van der Waals surface area contributed by atoms with Gasteiger partial charge in [0.2, 0.25) is 0 Å². The zero-order valence-corrected chi connectivity index (χ0v) is 21.3. The number of phenolic OH excluding ortho intramolecular Hbond substituents is 2. The summed E-state index contributed by atoms with van der Waals surface area (Å²) in [4.78, 5) is 25.7. The molecule has 0 saturated heterocycles. The van der Waals surface area contributed by atoms with Crippen LogP contribution in [0.4, 0.5) is 0 Å². The Hall–Kier alpha value is -2.30. The predicted octanol–water partition coefficient (Wildman–Crippen LogP) is 6.28. The van der Waals surface area contributed by atoms with Crippen LogP contribution in [0.2, 0.25) is 0 Å². The summed E-state index contributed by atoms with van der Waals surface area (Å²) in [6.07, 6.45) is 7.89. The van der Waals surface area contributed by atoms with Crippen molar-refractivity contribution in [3.8, 4) is 11.5 Å². The molecular formula is C29H38O5. The molecule has 0 aromatic heterocycles. The fourth-order valence-electron chi connectivity index (χ4n) is 8.72. The van der Waals surface area contributed by atoms with E-state index in [1.165, 1.54) is 0 Å². The second kappa shape index (κ2) is 6.67. The van der Waals surface area contributed by atoms with E-state index in [1.807, 2.05) is 13.0 Å². The number of carboxylic acids is 1. The number of allylic oxidation sites excluding steroid dienone is 2. The summed E-state index contributed by atoms with van der Waals surface area (Å²) in [6, 6.07) is 1.60. The van der Waals surface area contributed by atoms with Gasteiger partial charge in [-0.25, -0.2) is 0 Å². The fraction of sp³-hybridized carbons (Fsp3) is 0.655. The zero-order chi connectivity index (χ0) is 25.1. The van der Waals surface area contributed by atoms with Crippen molar-refractivity contribution in [1.82, 2.24) is 0 Å². The normalized spacial score (nSPS) is 43.2. The van der Waals surface area contributed by atoms with Crippen LogP contribution < -0.4 is 0 Å². The van der Waals surface area contributed by atoms with Crippen LogP contribution in [-0.2, 0) is 10.2 Å². The first-order chi connectivity index (χ1) is 15.6. The third-order valence-electron chi connectivity index (χ3n) is 11.5. The molecule has 3 N–H and O–H groups in total. The Morgan fingerprint density at radius 3 is 2.26 bits per heavy atom. The number of hydrogen-bond acceptors (Lipinski definition) is 4. The van der Waals surface area contributed by atoms with Gasteiger partial charge in [-0.05, 0) is 104 Å². The summed E-state index contributed by atoms with van der Waals surface area (Å²) in [5, 5.41) is 30.8. The maximum atomic E-state index is 13.5. The maximum Gasteiger partial charge on any atom is 0.309 e. The summed E-state index contributed by atoms with van der Waals surface area (Å²) >= 11 is 0. The molecule has 1 aromatic carbocycles. The van der Waals surface area contributed by atoms with Crippen molar-refractivity contribution < 1.29 is 24.9 Å². The SMILES string of the molecule is Cc1c(O)c(O)cc2c1C(=O)C=C1[C@@]2(C)CC[C@@]2(C)C3C[C@](C)(C(=O)O)CC[C@]3(C)CC[C@]12C. The molecule has 6 atom stereocenters. The highest BCUT2D eigenvalue weighted by molar-refractivity contribution is 6.10. The van der Waals surface area contributed by atoms with Gasteiger partial charge in [0, 0.05) is 16.5 Å². The predicted molar refractivity (Wildman–Crippen MR) is 130 cm³/mol. The average molecular weight is 467 g/mol. The van der Waals surface area contributed by atoms with Crippen LogP contribution in [0.1, 0.15) is 101 Å². The second-order valence-corrected chi connectivity index (χ2v) is 13.1. The van der Waals surface area contributed by atoms with Gasteiger partial charge in [0.05, 0.1) is 5.41 Å². The molecule has 5 nitrogen and oxygen atoms in total. The fourth-order valence-corrected chi connectivity index (χ4v) is 8.72. The maximum absolute atomic E-state index is 13.5. The number of aliphatic carboxylic acids is 1. The molecule has 1 aromatic rings. The van der Waals surface area contributed by atoms with E-state index in [1.54, 1.807) is 13.0 Å². The Morgan fingerprint density at radius 1 is 0.971 bits per heavy atom. The first-order valence-corrected chi connectivity index (χ1v) is 12.7. The van der Waals surface area contributed by atoms with Crippen LogP contribution in [0.5, 0.6) is 11.5 Å². The van der Waals surface area contributed by atoms with Crippen molar-refractivity contribution in [2.24, 2.45) is 27.6 Å². The Bertz CT molecular complexity index is 1170. The van der Waals surface area contributed by atoms with Gasteiger partial charge in [-0.1, -0.05) is 27.7 Å². The number of aromatic hydroxyl groups is 2. The third kappa shape index (κ3) is 2.62. The molecule has 184 valence electrons. The Morgan fingerprint density at radius 2 is 1.62 bits per heavy atom. The second-order valence-electron chi connectivity index (χ2n) is 13.1. The number of carbonyl (C=O) groups excluding carboxylic acids is 1. The van der Waals surface area contributed by atoms with E-state index in [0.29, 0.717) is 17.5 Å². The minimum Gasteiger partial charge on any atom is -0.504 e. The minimum absolute atomic E-state index is 0.104. The largest absolute Gasteiger partial charge is 0.504 e. The van der Waals surface area contributed by atoms with Crippen LogP contribution in [0.25, 0.3) is 0 Å². The summed E-state index contributed by atoms with van der Waals surface area (Å²) in [6.45, 7) is 12.8. The lowest BCUT2D eigenvalue weighted by Gasteiger charge is -2.69. The number of rotatable bonds is 1. The highest BCUT2D eigenvalue weighted by Gasteiger charge is 2.67. The molecule has 5 rings (SSSR count). The van der Waals surface area contributed by atoms with Gasteiger partial charge in [0.1, 0.15) is 0 Å². The molecule has 3 saturated carbocycles. The van der Waals surface area contributed by atoms with E-state index in [4.69, 9.17) is 0 Å². The van der Waals surface area contributed by atoms with Crippen molar-refractivity contribution in [1.29, 1.82) is 0 Å². The van der Waals surface area contributed by atoms with E-state index in [2.05, 4.69) is 27.7 Å². The number of benzene rings is 1. The summed E-state index contributed by atoms with van der Waals surface area (Å²) < 4.78 is 0. The van der Waals surface area contributed by atoms with Crippen LogP contribution >= 0.6 is 0 Å². The molecule has 34 heavy (non-hydrogen) atoms. The molecule has 0 heterocycles. The smallest absolute Gasteiger partial charge is 0.309 e. The van der Waals surface area contributed by atoms with E-state index in [-0.39, 0.29) is 39.4 Å². The van der Waals surface area contributed by atoms with E-state index in [0.717, 1.165) is 49.7 Å². The highest BCUT2D eigenvalue weighted by Crippen LogP contribution is 2.74. The molecule has 0 radical (unpaired) electrons. The highest BCUT2D eigenvalue weighted by atomic mass is 16.4. The molecule has 0 bridgehead atoms. The molecule has 5 heteroatoms. The Kier molecular flexibility index (Phi) is 4.60. The standard InChI is InChI=1S/C29H38O5/c1-16-22-17(13-19(31)23(16)32)27(4)10-12-29(6)21-15-26(3,24(33)34)8-7-25(21,2)9-11-28(29,5)20(27)14-18(22)30/h13-14,21,31-32H,7-12,15H2,1-6H3,(H,33,34)/t21?,25-,26-,27+,28-,29+/m1/s1. The molecule has 1 unspecified atom stereocenters. The van der Waals surface area contributed by atoms with Gasteiger partial charge < -0.3 is 15.3 Å². The van der Waals surface area contributed by atoms with Crippen molar-refractivity contribution in [2.75, 3.05) is 0 Å². The number of fused-ring (bicyclic) bond motifs is 7. The van der Waals surface area contributed by atoms with Crippen LogP contribution in [0.3, 0.4) is 0 Å². The monoisotopic (exact) mass is 466 g/mol. The van der Waals surface area contributed by atoms with Gasteiger partial charge in [-0.3, -0.25) is 9.59 Å². The van der Waals surface area contributed by atoms with Crippen LogP contribution in [-0.4, -0.2) is 27.1 Å². The average Bonchev–Trinajstić information content (AvgIpc) is 2.77. The summed E-state index contributed by atoms with van der Waals surface area (Å²) in [5.74, 6) is -0.940. The minimum atomic E-state index is -0.712. The van der Waals surface area contributed by atoms with Crippen molar-refractivity contribution >= 4 is 11.8 Å². The van der Waals surface area contributed by atoms with Gasteiger partial charge >= 0.3 is 5.97 Å². The van der Waals surface area contributed by atoms with E-state index in [9.17, 15) is 24.9 Å². The van der Waals surface area contributed by atoms with Crippen molar-refractivity contribution in [2.45, 2.75) is 91.9 Å². The van der Waals surface area contributed by atoms with Gasteiger partial charge in [0.25, 0.3) is 0 Å². The van der Waals surface area contributed by atoms with Crippen LogP contribution in [0.15, 0.2) is 17.7 Å². The number of ketones is 1. The van der Waals surface area contributed by atoms with Gasteiger partial charge in [-0.2, -0.15) is 0 Å². The lowest BCUT2D eigenvalue weighted by molar-refractivity contribution is -0.177. The molecule has 4 aliphatic carbocycles. The van der Waals surface area contributed by atoms with Crippen molar-refractivity contribution in [3.63, 3.8) is 0 Å². The summed E-state index contributed by atoms with van der Waals surface area (Å²) in [7, 11) is 0. The van der Waals surface area contributed by atoms with E-state index >= 15 is 0 Å². The first kappa shape index (κ1) is 23.4. The number of carboxylic acid groups (broad SMARTS) is 1. The van der Waals surface area contributed by atoms with Crippen molar-refractivity contribution in [3.05, 3.63) is 34.4 Å². The topological polar surface area (TPSA) is 94.8 Å². The number of phenols is 2. The lowest BCUT2D eigenvalue weighted by atomic mass is 9.34. The molecular weight excluding hydrogens is 428 g/mol. The quantitative estimate of drug-likeness (QED) is 0.423. The lowest BCUT2D eigenvalue weighted by Crippen LogP contribution is -2.62. The number of carbonyl (C=O) groups is 2. The third-order valence-corrected chi connectivity index (χ3v) is 11.5. The molecule has 0 amide bonds. The van der Waals surface area contributed by atoms with Gasteiger partial charge in [-0.15, -0.1) is 0 Å². The van der Waals surface area contributed by atoms with E-state index < -0.39 is 16.8 Å². The van der Waals surface area contributed by atoms with Gasteiger partial charge in [0.15, 0.2) is 17.3 Å². The molecule has 4 aliphatic rings.